The fraction of sp³-hybridized carbons (Fsp3) is 0.250. The van der Waals surface area contributed by atoms with Crippen molar-refractivity contribution in [2.45, 2.75) is 25.3 Å². The number of carbonyl (C=O) groups excluding carboxylic acids is 1. The Balaban J connectivity index is 1.96. The lowest BCUT2D eigenvalue weighted by atomic mass is 9.97. The molecule has 0 saturated carbocycles. The van der Waals surface area contributed by atoms with Crippen molar-refractivity contribution in [2.24, 2.45) is 5.10 Å². The van der Waals surface area contributed by atoms with Crippen LogP contribution in [0.15, 0.2) is 47.6 Å². The summed E-state index contributed by atoms with van der Waals surface area (Å²) >= 11 is 0. The number of hydrazone groups is 1. The van der Waals surface area contributed by atoms with Crippen molar-refractivity contribution in [3.05, 3.63) is 53.6 Å². The highest BCUT2D eigenvalue weighted by Crippen LogP contribution is 2.38. The number of amides is 1. The number of phenolic OH excluding ortho intramolecular Hbond substituents is 2. The summed E-state index contributed by atoms with van der Waals surface area (Å²) in [5.41, 5.74) is 1.74. The molecule has 1 atom stereocenters. The third-order valence-corrected chi connectivity index (χ3v) is 4.53. The number of hydrogen-bond donors (Lipinski definition) is 3. The second-order valence-electron chi connectivity index (χ2n) is 6.34. The lowest BCUT2D eigenvalue weighted by Gasteiger charge is -2.22. The van der Waals surface area contributed by atoms with Gasteiger partial charge in [-0.3, -0.25) is 9.59 Å². The average molecular weight is 384 g/mol. The maximum Gasteiger partial charge on any atom is 0.303 e. The number of para-hydroxylation sites is 1. The summed E-state index contributed by atoms with van der Waals surface area (Å²) in [4.78, 5) is 23.4. The number of rotatable bonds is 6. The number of carboxylic acid groups (broad SMARTS) is 1. The molecular weight excluding hydrogens is 364 g/mol. The minimum absolute atomic E-state index is 0.0171. The van der Waals surface area contributed by atoms with E-state index in [4.69, 9.17) is 9.84 Å². The van der Waals surface area contributed by atoms with E-state index in [0.717, 1.165) is 0 Å². The molecule has 28 heavy (non-hydrogen) atoms. The first kappa shape index (κ1) is 19.2. The molecule has 8 heteroatoms. The number of carboxylic acids is 1. The van der Waals surface area contributed by atoms with Gasteiger partial charge in [-0.05, 0) is 24.3 Å². The van der Waals surface area contributed by atoms with Crippen molar-refractivity contribution in [1.29, 1.82) is 0 Å². The lowest BCUT2D eigenvalue weighted by Crippen LogP contribution is -2.27. The monoisotopic (exact) mass is 384 g/mol. The summed E-state index contributed by atoms with van der Waals surface area (Å²) in [5, 5.41) is 34.5. The predicted molar refractivity (Wildman–Crippen MR) is 100 cm³/mol. The maximum absolute atomic E-state index is 12.6. The third-order valence-electron chi connectivity index (χ3n) is 4.53. The Morgan fingerprint density at radius 3 is 2.57 bits per heavy atom. The van der Waals surface area contributed by atoms with Crippen LogP contribution >= 0.6 is 0 Å². The molecule has 0 spiro atoms. The highest BCUT2D eigenvalue weighted by atomic mass is 16.5. The number of phenols is 2. The summed E-state index contributed by atoms with van der Waals surface area (Å²) in [6, 6.07) is 10.8. The van der Waals surface area contributed by atoms with Gasteiger partial charge in [0, 0.05) is 24.0 Å². The molecule has 8 nitrogen and oxygen atoms in total. The fourth-order valence-corrected chi connectivity index (χ4v) is 3.11. The molecule has 1 heterocycles. The Kier molecular flexibility index (Phi) is 5.49. The van der Waals surface area contributed by atoms with Gasteiger partial charge >= 0.3 is 5.97 Å². The van der Waals surface area contributed by atoms with Crippen molar-refractivity contribution < 1.29 is 29.6 Å². The van der Waals surface area contributed by atoms with Crippen LogP contribution in [0.4, 0.5) is 0 Å². The van der Waals surface area contributed by atoms with E-state index in [1.54, 1.807) is 30.3 Å². The molecule has 0 saturated heterocycles. The van der Waals surface area contributed by atoms with Gasteiger partial charge in [-0.2, -0.15) is 5.10 Å². The molecule has 0 bridgehead atoms. The molecule has 1 aliphatic rings. The van der Waals surface area contributed by atoms with Crippen molar-refractivity contribution in [3.63, 3.8) is 0 Å². The largest absolute Gasteiger partial charge is 0.508 e. The first-order valence-corrected chi connectivity index (χ1v) is 8.67. The van der Waals surface area contributed by atoms with Crippen molar-refractivity contribution in [2.75, 3.05) is 7.11 Å². The Morgan fingerprint density at radius 1 is 1.14 bits per heavy atom. The van der Waals surface area contributed by atoms with E-state index in [1.165, 1.54) is 24.3 Å². The standard InChI is InChI=1S/C20H20N2O6/c1-28-18-10-12(6-7-17(18)24)14-11-15(13-4-2-3-5-16(13)23)22(21-14)19(25)8-9-20(26)27/h2-7,10,15,23-24H,8-9,11H2,1H3,(H,26,27). The van der Waals surface area contributed by atoms with Crippen molar-refractivity contribution >= 4 is 17.6 Å². The average Bonchev–Trinajstić information content (AvgIpc) is 3.12. The van der Waals surface area contributed by atoms with Crippen LogP contribution in [0.2, 0.25) is 0 Å². The molecule has 1 unspecified atom stereocenters. The number of nitrogens with zero attached hydrogens (tertiary/aromatic N) is 2. The first-order chi connectivity index (χ1) is 13.4. The number of hydrogen-bond acceptors (Lipinski definition) is 6. The summed E-state index contributed by atoms with van der Waals surface area (Å²) in [6.07, 6.45) is -0.180. The van der Waals surface area contributed by atoms with Gasteiger partial charge in [0.1, 0.15) is 5.75 Å². The van der Waals surface area contributed by atoms with Gasteiger partial charge in [0.25, 0.3) is 0 Å². The number of aromatic hydroxyl groups is 2. The van der Waals surface area contributed by atoms with E-state index in [2.05, 4.69) is 5.10 Å². The van der Waals surface area contributed by atoms with E-state index in [-0.39, 0.29) is 30.1 Å². The van der Waals surface area contributed by atoms with E-state index in [1.807, 2.05) is 0 Å². The van der Waals surface area contributed by atoms with Crippen LogP contribution in [0.5, 0.6) is 17.2 Å². The number of ether oxygens (including phenoxy) is 1. The lowest BCUT2D eigenvalue weighted by molar-refractivity contribution is -0.141. The molecule has 0 aromatic heterocycles. The summed E-state index contributed by atoms with van der Waals surface area (Å²) < 4.78 is 5.12. The van der Waals surface area contributed by atoms with Crippen LogP contribution in [0.3, 0.4) is 0 Å². The van der Waals surface area contributed by atoms with Crippen LogP contribution in [-0.2, 0) is 9.59 Å². The third kappa shape index (κ3) is 3.90. The molecular formula is C20H20N2O6. The Hall–Kier alpha value is -3.55. The van der Waals surface area contributed by atoms with Crippen LogP contribution in [0, 0.1) is 0 Å². The van der Waals surface area contributed by atoms with Gasteiger partial charge in [-0.1, -0.05) is 18.2 Å². The summed E-state index contributed by atoms with van der Waals surface area (Å²) in [7, 11) is 1.43. The summed E-state index contributed by atoms with van der Waals surface area (Å²) in [5.74, 6) is -1.23. The summed E-state index contributed by atoms with van der Waals surface area (Å²) in [6.45, 7) is 0. The van der Waals surface area contributed by atoms with E-state index >= 15 is 0 Å². The molecule has 1 aliphatic heterocycles. The van der Waals surface area contributed by atoms with Gasteiger partial charge in [-0.15, -0.1) is 0 Å². The topological polar surface area (TPSA) is 120 Å². The van der Waals surface area contributed by atoms with Gasteiger partial charge in [0.2, 0.25) is 5.91 Å². The molecule has 146 valence electrons. The Bertz CT molecular complexity index is 940. The fourth-order valence-electron chi connectivity index (χ4n) is 3.11. The second-order valence-corrected chi connectivity index (χ2v) is 6.34. The van der Waals surface area contributed by atoms with Crippen LogP contribution in [0.25, 0.3) is 0 Å². The van der Waals surface area contributed by atoms with Gasteiger partial charge in [0.15, 0.2) is 11.5 Å². The molecule has 3 N–H and O–H groups in total. The second kappa shape index (κ2) is 7.99. The van der Waals surface area contributed by atoms with E-state index in [0.29, 0.717) is 23.3 Å². The SMILES string of the molecule is COc1cc(C2=NN(C(=O)CCC(=O)O)C(c3ccccc3O)C2)ccc1O. The molecule has 2 aromatic rings. The minimum Gasteiger partial charge on any atom is -0.508 e. The quantitative estimate of drug-likeness (QED) is 0.704. The molecule has 0 radical (unpaired) electrons. The smallest absolute Gasteiger partial charge is 0.303 e. The molecule has 0 aliphatic carbocycles. The van der Waals surface area contributed by atoms with Crippen LogP contribution in [-0.4, -0.2) is 45.0 Å². The highest BCUT2D eigenvalue weighted by Gasteiger charge is 2.34. The minimum atomic E-state index is -1.07. The Morgan fingerprint density at radius 2 is 1.89 bits per heavy atom. The molecule has 3 rings (SSSR count). The van der Waals surface area contributed by atoms with Gasteiger partial charge < -0.3 is 20.1 Å². The number of methoxy groups -OCH3 is 1. The number of aliphatic carboxylic acids is 1. The number of carbonyl (C=O) groups is 2. The van der Waals surface area contributed by atoms with Crippen LogP contribution in [0.1, 0.15) is 36.4 Å². The zero-order chi connectivity index (χ0) is 20.3. The van der Waals surface area contributed by atoms with E-state index in [9.17, 15) is 19.8 Å². The molecule has 0 fully saturated rings. The van der Waals surface area contributed by atoms with Gasteiger partial charge in [-0.25, -0.2) is 5.01 Å². The first-order valence-electron chi connectivity index (χ1n) is 8.67. The molecule has 1 amide bonds. The maximum atomic E-state index is 12.6. The highest BCUT2D eigenvalue weighted by molar-refractivity contribution is 6.03. The molecule has 2 aromatic carbocycles. The zero-order valence-electron chi connectivity index (χ0n) is 15.2. The van der Waals surface area contributed by atoms with Crippen molar-refractivity contribution in [1.82, 2.24) is 5.01 Å². The van der Waals surface area contributed by atoms with Crippen molar-refractivity contribution in [3.8, 4) is 17.2 Å². The zero-order valence-corrected chi connectivity index (χ0v) is 15.2. The Labute approximate surface area is 161 Å². The van der Waals surface area contributed by atoms with E-state index < -0.39 is 17.9 Å². The normalized spacial score (nSPS) is 16.0. The predicted octanol–water partition coefficient (Wildman–Crippen LogP) is 2.65. The van der Waals surface area contributed by atoms with Crippen LogP contribution < -0.4 is 4.74 Å². The number of benzene rings is 2. The van der Waals surface area contributed by atoms with Gasteiger partial charge in [0.05, 0.1) is 25.3 Å².